The van der Waals surface area contributed by atoms with Gasteiger partial charge in [0.2, 0.25) is 0 Å². The zero-order chi connectivity index (χ0) is 8.69. The van der Waals surface area contributed by atoms with E-state index >= 15 is 0 Å². The van der Waals surface area contributed by atoms with Crippen LogP contribution in [0.1, 0.15) is 20.8 Å². The van der Waals surface area contributed by atoms with Crippen LogP contribution in [0.2, 0.25) is 0 Å². The van der Waals surface area contributed by atoms with Gasteiger partial charge in [0, 0.05) is 0 Å². The lowest BCUT2D eigenvalue weighted by Gasteiger charge is -1.91. The minimum Gasteiger partial charge on any atom is -0.462 e. The van der Waals surface area contributed by atoms with Crippen molar-refractivity contribution in [3.63, 3.8) is 0 Å². The highest BCUT2D eigenvalue weighted by Crippen LogP contribution is 1.81. The fraction of sp³-hybridized carbons (Fsp3) is 0.625. The Morgan fingerprint density at radius 3 is 2.82 bits per heavy atom. The van der Waals surface area contributed by atoms with E-state index < -0.39 is 5.97 Å². The van der Waals surface area contributed by atoms with Crippen molar-refractivity contribution >= 4 is 11.8 Å². The number of nitrogens with zero attached hydrogens (tertiary/aromatic N) is 1. The van der Waals surface area contributed by atoms with Gasteiger partial charge in [-0.05, 0) is 26.6 Å². The molecule has 0 radical (unpaired) electrons. The molecule has 0 rings (SSSR count). The Morgan fingerprint density at radius 2 is 2.36 bits per heavy atom. The van der Waals surface area contributed by atoms with E-state index in [2.05, 4.69) is 15.6 Å². The summed E-state index contributed by atoms with van der Waals surface area (Å²) in [7, 11) is 0. The van der Waals surface area contributed by atoms with Crippen molar-refractivity contribution in [2.45, 2.75) is 26.8 Å². The Morgan fingerprint density at radius 1 is 1.73 bits per heavy atom. The summed E-state index contributed by atoms with van der Waals surface area (Å²) in [6.07, 6.45) is 1.20. The topological polar surface area (TPSA) is 38.7 Å². The minimum atomic E-state index is -0.392. The molecule has 0 N–H and O–H groups in total. The van der Waals surface area contributed by atoms with Crippen LogP contribution in [0.25, 0.3) is 0 Å². The molecule has 3 heteroatoms. The highest BCUT2D eigenvalue weighted by molar-refractivity contribution is 5.90. The quantitative estimate of drug-likeness (QED) is 0.349. The van der Waals surface area contributed by atoms with Gasteiger partial charge < -0.3 is 4.74 Å². The third kappa shape index (κ3) is 6.81. The Balaban J connectivity index is 3.82. The number of ether oxygens (including phenoxy) is 1. The molecule has 0 unspecified atom stereocenters. The van der Waals surface area contributed by atoms with E-state index in [1.165, 1.54) is 6.08 Å². The lowest BCUT2D eigenvalue weighted by molar-refractivity contribution is -0.137. The zero-order valence-electron chi connectivity index (χ0n) is 7.13. The monoisotopic (exact) mass is 155 g/mol. The second-order valence-corrected chi connectivity index (χ2v) is 2.25. The number of esters is 1. The van der Waals surface area contributed by atoms with Crippen LogP contribution in [-0.4, -0.2) is 24.5 Å². The van der Waals surface area contributed by atoms with E-state index in [9.17, 15) is 4.79 Å². The van der Waals surface area contributed by atoms with Crippen molar-refractivity contribution in [2.24, 2.45) is 4.99 Å². The summed E-state index contributed by atoms with van der Waals surface area (Å²) < 4.78 is 4.61. The van der Waals surface area contributed by atoms with E-state index in [-0.39, 0.29) is 6.04 Å². The molecular formula is C8H13NO2. The lowest BCUT2D eigenvalue weighted by atomic mass is 10.4. The molecule has 0 aliphatic heterocycles. The largest absolute Gasteiger partial charge is 0.462 e. The highest BCUT2D eigenvalue weighted by Gasteiger charge is 1.90. The molecule has 3 nitrogen and oxygen atoms in total. The predicted octanol–water partition coefficient (Wildman–Crippen LogP) is 1.18. The smallest absolute Gasteiger partial charge is 0.340 e. The van der Waals surface area contributed by atoms with Gasteiger partial charge in [-0.15, -0.1) is 0 Å². The fourth-order valence-corrected chi connectivity index (χ4v) is 0.423. The molecule has 0 aromatic heterocycles. The lowest BCUT2D eigenvalue weighted by Crippen LogP contribution is -1.99. The van der Waals surface area contributed by atoms with Crippen molar-refractivity contribution in [3.8, 4) is 0 Å². The number of hydrogen-bond acceptors (Lipinski definition) is 3. The first kappa shape index (κ1) is 9.92. The van der Waals surface area contributed by atoms with Crippen LogP contribution in [0.3, 0.4) is 0 Å². The molecule has 0 spiro atoms. The summed E-state index contributed by atoms with van der Waals surface area (Å²) in [5.74, 6) is 2.10. The van der Waals surface area contributed by atoms with E-state index in [0.29, 0.717) is 6.61 Å². The normalized spacial score (nSPS) is 8.73. The predicted molar refractivity (Wildman–Crippen MR) is 43.8 cm³/mol. The van der Waals surface area contributed by atoms with Crippen LogP contribution >= 0.6 is 0 Å². The molecule has 0 fully saturated rings. The first-order valence-corrected chi connectivity index (χ1v) is 3.62. The van der Waals surface area contributed by atoms with Crippen molar-refractivity contribution in [2.75, 3.05) is 6.61 Å². The van der Waals surface area contributed by atoms with Crippen LogP contribution in [0.4, 0.5) is 0 Å². The third-order valence-electron chi connectivity index (χ3n) is 0.802. The van der Waals surface area contributed by atoms with Crippen molar-refractivity contribution in [1.29, 1.82) is 0 Å². The van der Waals surface area contributed by atoms with Gasteiger partial charge in [-0.1, -0.05) is 0 Å². The van der Waals surface area contributed by atoms with E-state index in [1.807, 2.05) is 13.8 Å². The van der Waals surface area contributed by atoms with E-state index in [1.54, 1.807) is 6.92 Å². The van der Waals surface area contributed by atoms with Gasteiger partial charge in [-0.2, -0.15) is 0 Å². The molecule has 0 amide bonds. The Bertz CT molecular complexity index is 179. The van der Waals surface area contributed by atoms with Gasteiger partial charge in [0.05, 0.1) is 18.7 Å². The molecule has 0 aromatic carbocycles. The Hall–Kier alpha value is -1.08. The van der Waals surface area contributed by atoms with Crippen molar-refractivity contribution in [3.05, 3.63) is 6.08 Å². The molecule has 0 aliphatic carbocycles. The van der Waals surface area contributed by atoms with Crippen LogP contribution in [0, 0.1) is 0 Å². The first-order valence-electron chi connectivity index (χ1n) is 3.62. The molecule has 62 valence electrons. The highest BCUT2D eigenvalue weighted by atomic mass is 16.5. The summed E-state index contributed by atoms with van der Waals surface area (Å²) >= 11 is 0. The summed E-state index contributed by atoms with van der Waals surface area (Å²) in [5.41, 5.74) is 0. The van der Waals surface area contributed by atoms with E-state index in [4.69, 9.17) is 0 Å². The molecular weight excluding hydrogens is 142 g/mol. The van der Waals surface area contributed by atoms with Crippen LogP contribution < -0.4 is 0 Å². The van der Waals surface area contributed by atoms with Crippen LogP contribution in [-0.2, 0) is 9.53 Å². The summed E-state index contributed by atoms with van der Waals surface area (Å²) in [6.45, 7) is 5.96. The average molecular weight is 155 g/mol. The minimum absolute atomic E-state index is 0.167. The Labute approximate surface area is 66.8 Å². The second-order valence-electron chi connectivity index (χ2n) is 2.25. The molecule has 0 aromatic rings. The Kier molecular flexibility index (Phi) is 5.13. The molecule has 0 bridgehead atoms. The summed E-state index contributed by atoms with van der Waals surface area (Å²) in [4.78, 5) is 14.5. The SMILES string of the molecule is CCOC(=O)C=C=NC(C)C. The van der Waals surface area contributed by atoms with Gasteiger partial charge in [-0.25, -0.2) is 9.79 Å². The summed E-state index contributed by atoms with van der Waals surface area (Å²) in [5, 5.41) is 0. The molecule has 11 heavy (non-hydrogen) atoms. The fourth-order valence-electron chi connectivity index (χ4n) is 0.423. The standard InChI is InChI=1S/C8H13NO2/c1-4-11-8(10)5-6-9-7(2)3/h5,7H,4H2,1-3H3. The molecule has 0 saturated heterocycles. The average Bonchev–Trinajstić information content (AvgIpc) is 1.87. The van der Waals surface area contributed by atoms with Crippen LogP contribution in [0.15, 0.2) is 11.1 Å². The van der Waals surface area contributed by atoms with E-state index in [0.717, 1.165) is 0 Å². The van der Waals surface area contributed by atoms with Gasteiger partial charge in [0.15, 0.2) is 0 Å². The maximum absolute atomic E-state index is 10.6. The number of rotatable bonds is 3. The van der Waals surface area contributed by atoms with Gasteiger partial charge in [-0.3, -0.25) is 0 Å². The molecule has 0 atom stereocenters. The van der Waals surface area contributed by atoms with Crippen molar-refractivity contribution < 1.29 is 9.53 Å². The number of carbonyl (C=O) groups excluding carboxylic acids is 1. The van der Waals surface area contributed by atoms with Gasteiger partial charge in [0.25, 0.3) is 0 Å². The second kappa shape index (κ2) is 5.69. The summed E-state index contributed by atoms with van der Waals surface area (Å²) in [6, 6.07) is 0.167. The molecule has 0 heterocycles. The van der Waals surface area contributed by atoms with Crippen molar-refractivity contribution in [1.82, 2.24) is 0 Å². The number of hydrogen-bond donors (Lipinski definition) is 0. The third-order valence-corrected chi connectivity index (χ3v) is 0.802. The number of carbonyl (C=O) groups is 1. The maximum Gasteiger partial charge on any atom is 0.340 e. The number of aliphatic imine (C=N–C) groups is 1. The van der Waals surface area contributed by atoms with Crippen LogP contribution in [0.5, 0.6) is 0 Å². The maximum atomic E-state index is 10.6. The molecule has 0 aliphatic rings. The molecule has 0 saturated carbocycles. The first-order chi connectivity index (χ1) is 5.16. The zero-order valence-corrected chi connectivity index (χ0v) is 7.13. The van der Waals surface area contributed by atoms with Gasteiger partial charge >= 0.3 is 5.97 Å². The van der Waals surface area contributed by atoms with Gasteiger partial charge in [0.1, 0.15) is 0 Å².